The Balaban J connectivity index is 1.94. The third-order valence-electron chi connectivity index (χ3n) is 4.37. The van der Waals surface area contributed by atoms with Crippen LogP contribution in [0.15, 0.2) is 42.5 Å². The van der Waals surface area contributed by atoms with Gasteiger partial charge in [-0.25, -0.2) is 4.79 Å². The van der Waals surface area contributed by atoms with Crippen molar-refractivity contribution in [3.05, 3.63) is 48.0 Å². The largest absolute Gasteiger partial charge is 0.497 e. The number of hydrogen-bond donors (Lipinski definition) is 1. The lowest BCUT2D eigenvalue weighted by Crippen LogP contribution is -2.30. The van der Waals surface area contributed by atoms with Gasteiger partial charge in [-0.05, 0) is 55.7 Å². The van der Waals surface area contributed by atoms with E-state index in [9.17, 15) is 9.59 Å². The van der Waals surface area contributed by atoms with Crippen molar-refractivity contribution in [1.82, 2.24) is 0 Å². The summed E-state index contributed by atoms with van der Waals surface area (Å²) in [6.45, 7) is 6.38. The normalized spacial score (nSPS) is 11.5. The van der Waals surface area contributed by atoms with Crippen molar-refractivity contribution in [3.63, 3.8) is 0 Å². The second-order valence-electron chi connectivity index (χ2n) is 7.16. The summed E-state index contributed by atoms with van der Waals surface area (Å²) < 4.78 is 21.3. The van der Waals surface area contributed by atoms with E-state index < -0.39 is 18.0 Å². The average molecular weight is 415 g/mol. The quantitative estimate of drug-likeness (QED) is 0.582. The molecular formula is C23H29NO6. The highest BCUT2D eigenvalue weighted by Gasteiger charge is 2.20. The van der Waals surface area contributed by atoms with Crippen LogP contribution in [0.4, 0.5) is 5.69 Å². The van der Waals surface area contributed by atoms with Gasteiger partial charge in [0.2, 0.25) is 0 Å². The molecule has 7 nitrogen and oxygen atoms in total. The molecule has 1 atom stereocenters. The first-order chi connectivity index (χ1) is 14.3. The molecule has 1 amide bonds. The van der Waals surface area contributed by atoms with Gasteiger partial charge in [-0.15, -0.1) is 0 Å². The fraction of sp³-hybridized carbons (Fsp3) is 0.391. The first-order valence-electron chi connectivity index (χ1n) is 9.80. The Hall–Kier alpha value is -3.22. The predicted octanol–water partition coefficient (Wildman–Crippen LogP) is 4.31. The molecule has 2 aromatic rings. The van der Waals surface area contributed by atoms with E-state index in [0.29, 0.717) is 41.0 Å². The summed E-state index contributed by atoms with van der Waals surface area (Å²) in [5, 5.41) is 2.69. The summed E-state index contributed by atoms with van der Waals surface area (Å²) in [5.41, 5.74) is 0.762. The lowest BCUT2D eigenvalue weighted by Gasteiger charge is -2.16. The van der Waals surface area contributed by atoms with Crippen LogP contribution in [-0.2, 0) is 9.53 Å². The highest BCUT2D eigenvalue weighted by atomic mass is 16.5. The molecule has 0 aliphatic heterocycles. The summed E-state index contributed by atoms with van der Waals surface area (Å²) in [4.78, 5) is 24.8. The molecule has 7 heteroatoms. The average Bonchev–Trinajstić information content (AvgIpc) is 2.73. The fourth-order valence-electron chi connectivity index (χ4n) is 2.53. The second-order valence-corrected chi connectivity index (χ2v) is 7.16. The van der Waals surface area contributed by atoms with Crippen LogP contribution in [0.1, 0.15) is 37.6 Å². The Labute approximate surface area is 177 Å². The molecule has 0 bridgehead atoms. The summed E-state index contributed by atoms with van der Waals surface area (Å²) in [6, 6.07) is 11.7. The third kappa shape index (κ3) is 6.69. The van der Waals surface area contributed by atoms with Crippen LogP contribution in [0, 0.1) is 5.92 Å². The Morgan fingerprint density at radius 3 is 2.20 bits per heavy atom. The number of amides is 1. The minimum Gasteiger partial charge on any atom is -0.497 e. The minimum atomic E-state index is -1.00. The molecule has 1 N–H and O–H groups in total. The number of esters is 1. The maximum Gasteiger partial charge on any atom is 0.338 e. The number of nitrogens with one attached hydrogen (secondary N) is 1. The number of methoxy groups -OCH3 is 2. The topological polar surface area (TPSA) is 83.1 Å². The van der Waals surface area contributed by atoms with Crippen molar-refractivity contribution in [2.24, 2.45) is 5.92 Å². The molecule has 30 heavy (non-hydrogen) atoms. The molecule has 2 rings (SSSR count). The number of rotatable bonds is 10. The number of anilines is 1. The lowest BCUT2D eigenvalue weighted by atomic mass is 10.1. The van der Waals surface area contributed by atoms with E-state index in [0.717, 1.165) is 6.42 Å². The highest BCUT2D eigenvalue weighted by molar-refractivity contribution is 5.98. The van der Waals surface area contributed by atoms with Gasteiger partial charge in [0.1, 0.15) is 17.2 Å². The smallest absolute Gasteiger partial charge is 0.338 e. The Morgan fingerprint density at radius 2 is 1.60 bits per heavy atom. The number of carbonyl (C=O) groups excluding carboxylic acids is 2. The molecule has 0 aromatic heterocycles. The second kappa shape index (κ2) is 11.1. The number of ether oxygens (including phenoxy) is 4. The van der Waals surface area contributed by atoms with Crippen LogP contribution in [0.2, 0.25) is 0 Å². The summed E-state index contributed by atoms with van der Waals surface area (Å²) in [7, 11) is 3.02. The van der Waals surface area contributed by atoms with Crippen molar-refractivity contribution in [2.75, 3.05) is 26.1 Å². The van der Waals surface area contributed by atoms with E-state index in [-0.39, 0.29) is 0 Å². The maximum absolute atomic E-state index is 12.5. The molecule has 162 valence electrons. The van der Waals surface area contributed by atoms with Crippen LogP contribution < -0.4 is 19.5 Å². The van der Waals surface area contributed by atoms with Crippen LogP contribution in [0.5, 0.6) is 17.2 Å². The standard InChI is InChI=1S/C23H29NO6/c1-15(2)12-13-29-18-8-6-17(7-9-18)23(26)30-16(3)22(25)24-20-14-19(27-4)10-11-21(20)28-5/h6-11,14-16H,12-13H2,1-5H3,(H,24,25)/t16-/m0/s1. The number of carbonyl (C=O) groups is 2. The Morgan fingerprint density at radius 1 is 0.933 bits per heavy atom. The monoisotopic (exact) mass is 415 g/mol. The van der Waals surface area contributed by atoms with Crippen molar-refractivity contribution in [2.45, 2.75) is 33.3 Å². The Kier molecular flexibility index (Phi) is 8.53. The molecule has 0 fully saturated rings. The van der Waals surface area contributed by atoms with Gasteiger partial charge in [0.05, 0.1) is 32.1 Å². The zero-order valence-electron chi connectivity index (χ0n) is 18.1. The maximum atomic E-state index is 12.5. The van der Waals surface area contributed by atoms with E-state index >= 15 is 0 Å². The van der Waals surface area contributed by atoms with E-state index in [4.69, 9.17) is 18.9 Å². The molecular weight excluding hydrogens is 386 g/mol. The van der Waals surface area contributed by atoms with E-state index in [1.54, 1.807) is 42.5 Å². The zero-order chi connectivity index (χ0) is 22.1. The molecule has 0 aliphatic carbocycles. The van der Waals surface area contributed by atoms with Gasteiger partial charge in [0.15, 0.2) is 6.10 Å². The first-order valence-corrected chi connectivity index (χ1v) is 9.80. The van der Waals surface area contributed by atoms with Crippen molar-refractivity contribution in [3.8, 4) is 17.2 Å². The molecule has 0 unspecified atom stereocenters. The first kappa shape index (κ1) is 23.1. The molecule has 0 spiro atoms. The SMILES string of the molecule is COc1ccc(OC)c(NC(=O)[C@H](C)OC(=O)c2ccc(OCCC(C)C)cc2)c1. The van der Waals surface area contributed by atoms with Crippen molar-refractivity contribution >= 4 is 17.6 Å². The van der Waals surface area contributed by atoms with Gasteiger partial charge in [0, 0.05) is 6.07 Å². The van der Waals surface area contributed by atoms with Gasteiger partial charge in [-0.1, -0.05) is 13.8 Å². The highest BCUT2D eigenvalue weighted by Crippen LogP contribution is 2.29. The van der Waals surface area contributed by atoms with Crippen molar-refractivity contribution < 1.29 is 28.5 Å². The zero-order valence-corrected chi connectivity index (χ0v) is 18.1. The fourth-order valence-corrected chi connectivity index (χ4v) is 2.53. The van der Waals surface area contributed by atoms with E-state index in [2.05, 4.69) is 19.2 Å². The van der Waals surface area contributed by atoms with Gasteiger partial charge >= 0.3 is 5.97 Å². The predicted molar refractivity (Wildman–Crippen MR) is 114 cm³/mol. The molecule has 0 saturated carbocycles. The minimum absolute atomic E-state index is 0.338. The molecule has 0 heterocycles. The molecule has 0 aliphatic rings. The Bertz CT molecular complexity index is 847. The number of hydrogen-bond acceptors (Lipinski definition) is 6. The molecule has 0 radical (unpaired) electrons. The third-order valence-corrected chi connectivity index (χ3v) is 4.37. The van der Waals surface area contributed by atoms with Crippen LogP contribution >= 0.6 is 0 Å². The van der Waals surface area contributed by atoms with Gasteiger partial charge in [0.25, 0.3) is 5.91 Å². The molecule has 0 saturated heterocycles. The van der Waals surface area contributed by atoms with Crippen LogP contribution in [0.3, 0.4) is 0 Å². The summed E-state index contributed by atoms with van der Waals surface area (Å²) >= 11 is 0. The van der Waals surface area contributed by atoms with Gasteiger partial charge in [-0.2, -0.15) is 0 Å². The summed E-state index contributed by atoms with van der Waals surface area (Å²) in [5.74, 6) is 1.20. The van der Waals surface area contributed by atoms with Crippen molar-refractivity contribution in [1.29, 1.82) is 0 Å². The number of benzene rings is 2. The van der Waals surface area contributed by atoms with E-state index in [1.807, 2.05) is 0 Å². The summed E-state index contributed by atoms with van der Waals surface area (Å²) in [6.07, 6.45) is -0.0514. The van der Waals surface area contributed by atoms with Crippen LogP contribution in [-0.4, -0.2) is 38.8 Å². The molecule has 2 aromatic carbocycles. The lowest BCUT2D eigenvalue weighted by molar-refractivity contribution is -0.123. The van der Waals surface area contributed by atoms with Crippen LogP contribution in [0.25, 0.3) is 0 Å². The van der Waals surface area contributed by atoms with E-state index in [1.165, 1.54) is 21.1 Å². The van der Waals surface area contributed by atoms with Gasteiger partial charge in [-0.3, -0.25) is 4.79 Å². The van der Waals surface area contributed by atoms with Gasteiger partial charge < -0.3 is 24.3 Å².